The fraction of sp³-hybridized carbons (Fsp3) is 0.862. The fourth-order valence-corrected chi connectivity index (χ4v) is 9.25. The van der Waals surface area contributed by atoms with Crippen LogP contribution < -0.4 is 5.11 Å². The molecule has 0 aromatic carbocycles. The van der Waals surface area contributed by atoms with Crippen LogP contribution in [0, 0.1) is 0 Å². The molecule has 0 aliphatic rings. The Morgan fingerprint density at radius 1 is 0.405 bits per heavy atom. The molecule has 0 amide bonds. The van der Waals surface area contributed by atoms with Gasteiger partial charge in [-0.2, -0.15) is 0 Å². The SMILES string of the molecule is CCCCCCC/C=C\C/C=C\C/C=C\CCCCCCCCCCCCCCCCCCCCCCCCCCCCC(=O)OC(COC(=O)CCCCCCCCCC)COC(OCC[N+](C)(C)C)C(=O)[O-]. The van der Waals surface area contributed by atoms with Gasteiger partial charge in [-0.1, -0.05) is 275 Å². The molecule has 0 aromatic rings. The zero-order valence-electron chi connectivity index (χ0n) is 49.5. The van der Waals surface area contributed by atoms with E-state index in [1.807, 2.05) is 21.1 Å². The van der Waals surface area contributed by atoms with E-state index in [2.05, 4.69) is 50.3 Å². The number of carboxylic acids is 1. The predicted octanol–water partition coefficient (Wildman–Crippen LogP) is 17.5. The van der Waals surface area contributed by atoms with E-state index in [9.17, 15) is 19.5 Å². The average molecular weight is 1040 g/mol. The molecule has 0 radical (unpaired) electrons. The van der Waals surface area contributed by atoms with Crippen LogP contribution in [0.4, 0.5) is 0 Å². The summed E-state index contributed by atoms with van der Waals surface area (Å²) in [4.78, 5) is 37.0. The monoisotopic (exact) mass is 1040 g/mol. The van der Waals surface area contributed by atoms with Crippen LogP contribution in [0.1, 0.15) is 303 Å². The van der Waals surface area contributed by atoms with E-state index in [0.29, 0.717) is 17.4 Å². The summed E-state index contributed by atoms with van der Waals surface area (Å²) >= 11 is 0. The van der Waals surface area contributed by atoms with Crippen molar-refractivity contribution in [2.75, 3.05) is 47.5 Å². The van der Waals surface area contributed by atoms with E-state index >= 15 is 0 Å². The number of hydrogen-bond acceptors (Lipinski definition) is 8. The molecule has 0 aromatic heterocycles. The maximum Gasteiger partial charge on any atom is 0.306 e. The zero-order valence-corrected chi connectivity index (χ0v) is 49.5. The third-order valence-electron chi connectivity index (χ3n) is 14.1. The third kappa shape index (κ3) is 57.2. The molecule has 2 unspecified atom stereocenters. The van der Waals surface area contributed by atoms with Gasteiger partial charge in [0.15, 0.2) is 12.4 Å². The highest BCUT2D eigenvalue weighted by molar-refractivity contribution is 5.70. The molecule has 434 valence electrons. The first-order valence-corrected chi connectivity index (χ1v) is 31.6. The summed E-state index contributed by atoms with van der Waals surface area (Å²) < 4.78 is 22.6. The first kappa shape index (κ1) is 71.5. The number of aliphatic carboxylic acids is 1. The highest BCUT2D eigenvalue weighted by Crippen LogP contribution is 2.18. The van der Waals surface area contributed by atoms with E-state index in [4.69, 9.17) is 18.9 Å². The van der Waals surface area contributed by atoms with Gasteiger partial charge in [0.05, 0.1) is 40.3 Å². The molecule has 0 saturated heterocycles. The van der Waals surface area contributed by atoms with Gasteiger partial charge >= 0.3 is 11.9 Å². The van der Waals surface area contributed by atoms with Crippen LogP contribution in [0.5, 0.6) is 0 Å². The molecule has 0 spiro atoms. The Balaban J connectivity index is 3.81. The standard InChI is InChI=1S/C65H121NO8/c1-6-8-10-12-14-16-17-18-19-20-21-22-23-24-25-26-27-28-29-30-31-32-33-34-35-36-37-38-39-40-41-42-43-44-45-46-47-48-50-52-54-56-63(68)74-61(60-73-65(64(69)70)71-58-57-66(3,4)5)59-72-62(67)55-53-51-49-15-13-11-9-7-2/h17-18,20-21,23-24,61,65H,6-16,19,22,25-60H2,1-5H3/b18-17-,21-20-,24-23-. The second-order valence-electron chi connectivity index (χ2n) is 22.7. The summed E-state index contributed by atoms with van der Waals surface area (Å²) in [6.07, 6.45) is 66.9. The first-order chi connectivity index (χ1) is 36.1. The number of nitrogens with zero attached hydrogens (tertiary/aromatic N) is 1. The minimum atomic E-state index is -1.61. The van der Waals surface area contributed by atoms with Gasteiger partial charge in [-0.25, -0.2) is 0 Å². The first-order valence-electron chi connectivity index (χ1n) is 31.6. The lowest BCUT2D eigenvalue weighted by atomic mass is 10.0. The van der Waals surface area contributed by atoms with Crippen molar-refractivity contribution in [2.45, 2.75) is 315 Å². The second-order valence-corrected chi connectivity index (χ2v) is 22.7. The van der Waals surface area contributed by atoms with Gasteiger partial charge in [0.2, 0.25) is 0 Å². The minimum Gasteiger partial charge on any atom is -0.545 e. The van der Waals surface area contributed by atoms with Crippen LogP contribution in [0.25, 0.3) is 0 Å². The number of hydrogen-bond donors (Lipinski definition) is 0. The normalized spacial score (nSPS) is 12.9. The van der Waals surface area contributed by atoms with E-state index in [-0.39, 0.29) is 32.2 Å². The molecule has 0 heterocycles. The lowest BCUT2D eigenvalue weighted by Crippen LogP contribution is -2.44. The van der Waals surface area contributed by atoms with Crippen molar-refractivity contribution in [1.29, 1.82) is 0 Å². The minimum absolute atomic E-state index is 0.151. The van der Waals surface area contributed by atoms with Crippen molar-refractivity contribution in [3.05, 3.63) is 36.5 Å². The molecule has 0 fully saturated rings. The van der Waals surface area contributed by atoms with Gasteiger partial charge in [0.1, 0.15) is 13.2 Å². The summed E-state index contributed by atoms with van der Waals surface area (Å²) in [5.74, 6) is -2.27. The quantitative estimate of drug-likeness (QED) is 0.0195. The number of allylic oxidation sites excluding steroid dienone is 6. The highest BCUT2D eigenvalue weighted by atomic mass is 16.7. The lowest BCUT2D eigenvalue weighted by molar-refractivity contribution is -0.870. The van der Waals surface area contributed by atoms with Crippen LogP contribution >= 0.6 is 0 Å². The molecule has 9 heteroatoms. The molecule has 0 saturated carbocycles. The molecule has 0 aliphatic carbocycles. The van der Waals surface area contributed by atoms with Gasteiger partial charge in [0, 0.05) is 12.8 Å². The van der Waals surface area contributed by atoms with E-state index in [0.717, 1.165) is 51.4 Å². The number of rotatable bonds is 59. The van der Waals surface area contributed by atoms with Crippen LogP contribution in [-0.4, -0.2) is 82.3 Å². The molecular weight excluding hydrogens is 923 g/mol. The van der Waals surface area contributed by atoms with Crippen molar-refractivity contribution in [3.63, 3.8) is 0 Å². The Hall–Kier alpha value is -2.49. The molecule has 0 aliphatic heterocycles. The lowest BCUT2D eigenvalue weighted by Gasteiger charge is -2.26. The fourth-order valence-electron chi connectivity index (χ4n) is 9.25. The highest BCUT2D eigenvalue weighted by Gasteiger charge is 2.22. The second kappa shape index (κ2) is 56.7. The Morgan fingerprint density at radius 3 is 1.08 bits per heavy atom. The molecule has 0 N–H and O–H groups in total. The Kier molecular flexibility index (Phi) is 54.8. The van der Waals surface area contributed by atoms with Gasteiger partial charge in [-0.3, -0.25) is 9.59 Å². The van der Waals surface area contributed by atoms with E-state index < -0.39 is 24.3 Å². The topological polar surface area (TPSA) is 111 Å². The predicted molar refractivity (Wildman–Crippen MR) is 311 cm³/mol. The van der Waals surface area contributed by atoms with Crippen LogP contribution in [-0.2, 0) is 33.3 Å². The van der Waals surface area contributed by atoms with E-state index in [1.165, 1.54) is 225 Å². The molecule has 0 bridgehead atoms. The Morgan fingerprint density at radius 2 is 0.730 bits per heavy atom. The number of carboxylic acid groups (broad SMARTS) is 1. The summed E-state index contributed by atoms with van der Waals surface area (Å²) in [7, 11) is 5.92. The molecule has 9 nitrogen and oxygen atoms in total. The summed E-state index contributed by atoms with van der Waals surface area (Å²) in [6.45, 7) is 4.73. The third-order valence-corrected chi connectivity index (χ3v) is 14.1. The summed E-state index contributed by atoms with van der Waals surface area (Å²) in [6, 6.07) is 0. The zero-order chi connectivity index (χ0) is 54.1. The smallest absolute Gasteiger partial charge is 0.306 e. The summed E-state index contributed by atoms with van der Waals surface area (Å²) in [5, 5.41) is 11.7. The molecule has 0 rings (SSSR count). The van der Waals surface area contributed by atoms with Crippen molar-refractivity contribution < 1.29 is 42.9 Å². The number of carbonyl (C=O) groups is 3. The van der Waals surface area contributed by atoms with Gasteiger partial charge in [-0.15, -0.1) is 0 Å². The Labute approximate surface area is 458 Å². The van der Waals surface area contributed by atoms with Crippen molar-refractivity contribution in [1.82, 2.24) is 0 Å². The molecular formula is C65H121NO8. The van der Waals surface area contributed by atoms with Crippen LogP contribution in [0.15, 0.2) is 36.5 Å². The van der Waals surface area contributed by atoms with Crippen molar-refractivity contribution in [3.8, 4) is 0 Å². The number of unbranched alkanes of at least 4 members (excludes halogenated alkanes) is 38. The van der Waals surface area contributed by atoms with Crippen molar-refractivity contribution in [2.24, 2.45) is 0 Å². The maximum atomic E-state index is 12.8. The number of ether oxygens (including phenoxy) is 4. The number of quaternary nitrogens is 1. The molecule has 74 heavy (non-hydrogen) atoms. The Bertz CT molecular complexity index is 1310. The van der Waals surface area contributed by atoms with Gasteiger partial charge in [0.25, 0.3) is 0 Å². The average Bonchev–Trinajstić information content (AvgIpc) is 3.37. The number of carbonyl (C=O) groups excluding carboxylic acids is 3. The summed E-state index contributed by atoms with van der Waals surface area (Å²) in [5.41, 5.74) is 0. The number of esters is 2. The van der Waals surface area contributed by atoms with E-state index in [1.54, 1.807) is 0 Å². The largest absolute Gasteiger partial charge is 0.545 e. The van der Waals surface area contributed by atoms with Gasteiger partial charge < -0.3 is 33.3 Å². The van der Waals surface area contributed by atoms with Crippen LogP contribution in [0.3, 0.4) is 0 Å². The van der Waals surface area contributed by atoms with Gasteiger partial charge in [-0.05, 0) is 51.4 Å². The molecule has 2 atom stereocenters. The number of likely N-dealkylation sites (N-methyl/N-ethyl adjacent to an activating group) is 1. The maximum absolute atomic E-state index is 12.8. The van der Waals surface area contributed by atoms with Crippen molar-refractivity contribution >= 4 is 17.9 Å². The van der Waals surface area contributed by atoms with Crippen LogP contribution in [0.2, 0.25) is 0 Å².